The van der Waals surface area contributed by atoms with Gasteiger partial charge < -0.3 is 25.0 Å². The van der Waals surface area contributed by atoms with Crippen LogP contribution in [0.2, 0.25) is 0 Å². The first-order valence-corrected chi connectivity index (χ1v) is 11.5. The molecule has 0 saturated carbocycles. The van der Waals surface area contributed by atoms with Gasteiger partial charge in [-0.2, -0.15) is 0 Å². The summed E-state index contributed by atoms with van der Waals surface area (Å²) in [6, 6.07) is 18.5. The van der Waals surface area contributed by atoms with Gasteiger partial charge in [0.15, 0.2) is 0 Å². The minimum Gasteiger partial charge on any atom is -0.508 e. The first kappa shape index (κ1) is 24.0. The van der Waals surface area contributed by atoms with Crippen molar-refractivity contribution in [2.45, 2.75) is 41.5 Å². The van der Waals surface area contributed by atoms with E-state index in [9.17, 15) is 15.3 Å². The van der Waals surface area contributed by atoms with Crippen LogP contribution in [0.3, 0.4) is 0 Å². The molecule has 0 aromatic heterocycles. The number of ether oxygens (including phenoxy) is 1. The Hall–Kier alpha value is -4.12. The van der Waals surface area contributed by atoms with E-state index < -0.39 is 0 Å². The number of aryl methyl sites for hydroxylation is 5. The Labute approximate surface area is 206 Å². The molecule has 0 spiro atoms. The van der Waals surface area contributed by atoms with E-state index in [0.29, 0.717) is 22.9 Å². The van der Waals surface area contributed by atoms with Crippen molar-refractivity contribution in [2.75, 3.05) is 4.90 Å². The quantitative estimate of drug-likeness (QED) is 0.277. The van der Waals surface area contributed by atoms with E-state index in [4.69, 9.17) is 4.74 Å². The molecule has 4 rings (SSSR count). The maximum absolute atomic E-state index is 11.1. The van der Waals surface area contributed by atoms with Crippen LogP contribution in [0.25, 0.3) is 0 Å². The second kappa shape index (κ2) is 9.26. The zero-order chi connectivity index (χ0) is 25.4. The summed E-state index contributed by atoms with van der Waals surface area (Å²) >= 11 is 0. The number of hydrogen-bond acceptors (Lipinski definition) is 5. The Kier molecular flexibility index (Phi) is 6.35. The third-order valence-electron chi connectivity index (χ3n) is 6.48. The Bertz CT molecular complexity index is 1350. The first-order chi connectivity index (χ1) is 16.6. The SMILES string of the molecule is Cc1cc(O)cc(Oc2ccc(N(c3c(C)ccc(C)c3O)c3c(C)ccc(C)c3O)cc2)c1C. The second-order valence-electron chi connectivity index (χ2n) is 9.11. The van der Waals surface area contributed by atoms with Gasteiger partial charge in [-0.15, -0.1) is 0 Å². The monoisotopic (exact) mass is 469 g/mol. The highest BCUT2D eigenvalue weighted by molar-refractivity contribution is 5.87. The van der Waals surface area contributed by atoms with Gasteiger partial charge >= 0.3 is 0 Å². The van der Waals surface area contributed by atoms with Crippen LogP contribution in [0.5, 0.6) is 28.7 Å². The highest BCUT2D eigenvalue weighted by atomic mass is 16.5. The number of hydrogen-bond donors (Lipinski definition) is 3. The summed E-state index contributed by atoms with van der Waals surface area (Å²) in [4.78, 5) is 1.89. The maximum atomic E-state index is 11.1. The predicted octanol–water partition coefficient (Wildman–Crippen LogP) is 7.92. The van der Waals surface area contributed by atoms with Gasteiger partial charge in [-0.25, -0.2) is 0 Å². The van der Waals surface area contributed by atoms with E-state index in [-0.39, 0.29) is 17.2 Å². The molecule has 0 saturated heterocycles. The Morgan fingerprint density at radius 3 is 1.57 bits per heavy atom. The topological polar surface area (TPSA) is 73.2 Å². The van der Waals surface area contributed by atoms with Crippen molar-refractivity contribution < 1.29 is 20.1 Å². The summed E-state index contributed by atoms with van der Waals surface area (Å²) in [6.45, 7) is 11.5. The number of benzene rings is 4. The zero-order valence-electron chi connectivity index (χ0n) is 21.0. The third-order valence-corrected chi connectivity index (χ3v) is 6.48. The molecule has 35 heavy (non-hydrogen) atoms. The molecule has 0 unspecified atom stereocenters. The number of aromatic hydroxyl groups is 3. The number of nitrogens with zero attached hydrogens (tertiary/aromatic N) is 1. The van der Waals surface area contributed by atoms with Crippen LogP contribution >= 0.6 is 0 Å². The van der Waals surface area contributed by atoms with Crippen LogP contribution in [-0.4, -0.2) is 15.3 Å². The van der Waals surface area contributed by atoms with Gasteiger partial charge in [0.25, 0.3) is 0 Å². The first-order valence-electron chi connectivity index (χ1n) is 11.5. The normalized spacial score (nSPS) is 10.9. The van der Waals surface area contributed by atoms with Crippen LogP contribution < -0.4 is 9.64 Å². The number of anilines is 3. The summed E-state index contributed by atoms with van der Waals surface area (Å²) < 4.78 is 6.07. The molecule has 0 aliphatic rings. The summed E-state index contributed by atoms with van der Waals surface area (Å²) in [5, 5.41) is 32.1. The molecule has 5 heteroatoms. The number of phenolic OH excluding ortho intramolecular Hbond substituents is 3. The van der Waals surface area contributed by atoms with Crippen molar-refractivity contribution in [1.29, 1.82) is 0 Å². The van der Waals surface area contributed by atoms with Crippen molar-refractivity contribution in [3.8, 4) is 28.7 Å². The molecule has 0 heterocycles. The van der Waals surface area contributed by atoms with Gasteiger partial charge in [0.1, 0.15) is 28.7 Å². The molecule has 0 fully saturated rings. The second-order valence-corrected chi connectivity index (χ2v) is 9.11. The molecule has 180 valence electrons. The fourth-order valence-corrected chi connectivity index (χ4v) is 4.20. The van der Waals surface area contributed by atoms with E-state index in [0.717, 1.165) is 39.1 Å². The molecule has 0 bridgehead atoms. The van der Waals surface area contributed by atoms with E-state index >= 15 is 0 Å². The van der Waals surface area contributed by atoms with Crippen molar-refractivity contribution in [1.82, 2.24) is 0 Å². The van der Waals surface area contributed by atoms with Crippen LogP contribution in [0, 0.1) is 41.5 Å². The molecule has 0 aliphatic carbocycles. The Morgan fingerprint density at radius 1 is 0.571 bits per heavy atom. The average Bonchev–Trinajstić information content (AvgIpc) is 2.82. The van der Waals surface area contributed by atoms with Gasteiger partial charge in [-0.3, -0.25) is 0 Å². The number of rotatable bonds is 5. The summed E-state index contributed by atoms with van der Waals surface area (Å²) in [5.41, 5.74) is 7.12. The highest BCUT2D eigenvalue weighted by Gasteiger charge is 2.24. The molecule has 4 aromatic rings. The summed E-state index contributed by atoms with van der Waals surface area (Å²) in [7, 11) is 0. The minimum atomic E-state index is 0.154. The lowest BCUT2D eigenvalue weighted by molar-refractivity contribution is 0.452. The van der Waals surface area contributed by atoms with Gasteiger partial charge in [0.2, 0.25) is 0 Å². The van der Waals surface area contributed by atoms with Crippen LogP contribution in [-0.2, 0) is 0 Å². The smallest absolute Gasteiger partial charge is 0.142 e. The lowest BCUT2D eigenvalue weighted by Crippen LogP contribution is -2.14. The fraction of sp³-hybridized carbons (Fsp3) is 0.200. The van der Waals surface area contributed by atoms with Crippen molar-refractivity contribution in [2.24, 2.45) is 0 Å². The third kappa shape index (κ3) is 4.50. The van der Waals surface area contributed by atoms with E-state index in [1.54, 1.807) is 12.1 Å². The maximum Gasteiger partial charge on any atom is 0.142 e. The minimum absolute atomic E-state index is 0.154. The number of phenols is 3. The van der Waals surface area contributed by atoms with E-state index in [1.807, 2.05) is 95.0 Å². The van der Waals surface area contributed by atoms with Gasteiger partial charge in [-0.1, -0.05) is 24.3 Å². The standard InChI is InChI=1S/C30H31NO4/c1-17-7-9-19(3)29(33)27(17)31(28-18(2)8-10-20(4)30(28)34)23-11-13-25(14-12-23)35-26-16-24(32)15-21(5)22(26)6/h7-16,32-34H,1-6H3. The molecular formula is C30H31NO4. The molecule has 5 nitrogen and oxygen atoms in total. The molecule has 0 radical (unpaired) electrons. The predicted molar refractivity (Wildman–Crippen MR) is 141 cm³/mol. The van der Waals surface area contributed by atoms with Gasteiger partial charge in [0.05, 0.1) is 11.4 Å². The molecule has 3 N–H and O–H groups in total. The van der Waals surface area contributed by atoms with Crippen LogP contribution in [0.15, 0.2) is 60.7 Å². The molecule has 4 aromatic carbocycles. The van der Waals surface area contributed by atoms with Crippen molar-refractivity contribution >= 4 is 17.1 Å². The molecule has 0 amide bonds. The van der Waals surface area contributed by atoms with E-state index in [1.165, 1.54) is 0 Å². The fourth-order valence-electron chi connectivity index (χ4n) is 4.20. The lowest BCUT2D eigenvalue weighted by Gasteiger charge is -2.30. The highest BCUT2D eigenvalue weighted by Crippen LogP contribution is 2.48. The molecule has 0 atom stereocenters. The van der Waals surface area contributed by atoms with E-state index in [2.05, 4.69) is 0 Å². The lowest BCUT2D eigenvalue weighted by atomic mass is 10.0. The zero-order valence-corrected chi connectivity index (χ0v) is 21.0. The summed E-state index contributed by atoms with van der Waals surface area (Å²) in [6.07, 6.45) is 0. The molecule has 0 aliphatic heterocycles. The molecular weight excluding hydrogens is 438 g/mol. The van der Waals surface area contributed by atoms with Crippen LogP contribution in [0.1, 0.15) is 33.4 Å². The van der Waals surface area contributed by atoms with Crippen LogP contribution in [0.4, 0.5) is 17.1 Å². The van der Waals surface area contributed by atoms with Gasteiger partial charge in [-0.05, 0) is 105 Å². The Balaban J connectivity index is 1.85. The average molecular weight is 470 g/mol. The Morgan fingerprint density at radius 2 is 1.06 bits per heavy atom. The largest absolute Gasteiger partial charge is 0.508 e. The summed E-state index contributed by atoms with van der Waals surface area (Å²) in [5.74, 6) is 1.68. The van der Waals surface area contributed by atoms with Crippen molar-refractivity contribution in [3.05, 3.63) is 94.0 Å². The van der Waals surface area contributed by atoms with Crippen molar-refractivity contribution in [3.63, 3.8) is 0 Å². The van der Waals surface area contributed by atoms with Gasteiger partial charge in [0, 0.05) is 11.8 Å².